The normalized spacial score (nSPS) is 17.2. The van der Waals surface area contributed by atoms with Crippen LogP contribution in [-0.4, -0.2) is 50.5 Å². The van der Waals surface area contributed by atoms with Gasteiger partial charge in [-0.05, 0) is 42.7 Å². The zero-order valence-corrected chi connectivity index (χ0v) is 17.4. The second-order valence-corrected chi connectivity index (χ2v) is 7.59. The van der Waals surface area contributed by atoms with Crippen molar-refractivity contribution in [1.82, 2.24) is 15.5 Å². The summed E-state index contributed by atoms with van der Waals surface area (Å²) in [5.41, 5.74) is 0.0804. The number of hydrogen-bond donors (Lipinski definition) is 2. The van der Waals surface area contributed by atoms with Crippen LogP contribution in [0.2, 0.25) is 0 Å². The van der Waals surface area contributed by atoms with Crippen molar-refractivity contribution in [1.29, 1.82) is 0 Å². The standard InChI is InChI=1S/C21H31F3N4O/c1-15(17-5-4-6-18(14-17)21(22,23)24)7-10-27-20(26-3)28-11-8-16(9-12-28)13-19(29)25-2/h4-6,14-16H,7-13H2,1-3H3,(H,25,29)(H,26,27). The van der Waals surface area contributed by atoms with Gasteiger partial charge in [-0.15, -0.1) is 0 Å². The van der Waals surface area contributed by atoms with Gasteiger partial charge in [0.2, 0.25) is 5.91 Å². The molecule has 5 nitrogen and oxygen atoms in total. The Morgan fingerprint density at radius 1 is 1.31 bits per heavy atom. The van der Waals surface area contributed by atoms with E-state index < -0.39 is 11.7 Å². The number of amides is 1. The average Bonchev–Trinajstić information content (AvgIpc) is 2.71. The maximum atomic E-state index is 12.9. The first kappa shape index (κ1) is 23.0. The van der Waals surface area contributed by atoms with Gasteiger partial charge in [0, 0.05) is 40.2 Å². The van der Waals surface area contributed by atoms with Crippen LogP contribution in [-0.2, 0) is 11.0 Å². The molecule has 162 valence electrons. The summed E-state index contributed by atoms with van der Waals surface area (Å²) in [5.74, 6) is 1.28. The third kappa shape index (κ3) is 6.94. The minimum Gasteiger partial charge on any atom is -0.359 e. The van der Waals surface area contributed by atoms with Crippen LogP contribution < -0.4 is 10.6 Å². The molecule has 1 saturated heterocycles. The van der Waals surface area contributed by atoms with Crippen LogP contribution in [0.15, 0.2) is 29.3 Å². The number of halogens is 3. The van der Waals surface area contributed by atoms with E-state index in [-0.39, 0.29) is 11.8 Å². The molecule has 1 amide bonds. The maximum Gasteiger partial charge on any atom is 0.416 e. The monoisotopic (exact) mass is 412 g/mol. The second-order valence-electron chi connectivity index (χ2n) is 7.59. The van der Waals surface area contributed by atoms with E-state index in [2.05, 4.69) is 20.5 Å². The van der Waals surface area contributed by atoms with Crippen LogP contribution >= 0.6 is 0 Å². The molecule has 2 rings (SSSR count). The van der Waals surface area contributed by atoms with Gasteiger partial charge < -0.3 is 15.5 Å². The number of rotatable bonds is 6. The van der Waals surface area contributed by atoms with Crippen LogP contribution in [0.3, 0.4) is 0 Å². The molecule has 1 aliphatic heterocycles. The first-order chi connectivity index (χ1) is 13.7. The van der Waals surface area contributed by atoms with Crippen molar-refractivity contribution in [3.05, 3.63) is 35.4 Å². The topological polar surface area (TPSA) is 56.7 Å². The Hall–Kier alpha value is -2.25. The summed E-state index contributed by atoms with van der Waals surface area (Å²) in [7, 11) is 3.39. The number of alkyl halides is 3. The highest BCUT2D eigenvalue weighted by Crippen LogP contribution is 2.31. The fourth-order valence-corrected chi connectivity index (χ4v) is 3.63. The first-order valence-electron chi connectivity index (χ1n) is 10.1. The highest BCUT2D eigenvalue weighted by atomic mass is 19.4. The molecule has 1 heterocycles. The Morgan fingerprint density at radius 3 is 2.59 bits per heavy atom. The number of guanidine groups is 1. The Bertz CT molecular complexity index is 697. The predicted molar refractivity (Wildman–Crippen MR) is 109 cm³/mol. The molecule has 0 aromatic heterocycles. The van der Waals surface area contributed by atoms with Crippen molar-refractivity contribution in [2.45, 2.75) is 44.7 Å². The summed E-state index contributed by atoms with van der Waals surface area (Å²) in [6, 6.07) is 5.54. The van der Waals surface area contributed by atoms with Gasteiger partial charge in [0.15, 0.2) is 5.96 Å². The number of carbonyl (C=O) groups excluding carboxylic acids is 1. The zero-order valence-electron chi connectivity index (χ0n) is 17.4. The van der Waals surface area contributed by atoms with Gasteiger partial charge in [-0.1, -0.05) is 25.1 Å². The largest absolute Gasteiger partial charge is 0.416 e. The number of nitrogens with zero attached hydrogens (tertiary/aromatic N) is 2. The first-order valence-corrected chi connectivity index (χ1v) is 10.1. The van der Waals surface area contributed by atoms with Crippen LogP contribution in [0.5, 0.6) is 0 Å². The predicted octanol–water partition coefficient (Wildman–Crippen LogP) is 3.62. The zero-order chi connectivity index (χ0) is 21.4. The lowest BCUT2D eigenvalue weighted by Crippen LogP contribution is -2.46. The summed E-state index contributed by atoms with van der Waals surface area (Å²) < 4.78 is 38.7. The van der Waals surface area contributed by atoms with Crippen LogP contribution in [0.25, 0.3) is 0 Å². The lowest BCUT2D eigenvalue weighted by Gasteiger charge is -2.34. The van der Waals surface area contributed by atoms with E-state index >= 15 is 0 Å². The number of nitrogens with one attached hydrogen (secondary N) is 2. The smallest absolute Gasteiger partial charge is 0.359 e. The summed E-state index contributed by atoms with van der Waals surface area (Å²) >= 11 is 0. The second kappa shape index (κ2) is 10.5. The molecule has 0 bridgehead atoms. The van der Waals surface area contributed by atoms with Crippen molar-refractivity contribution in [3.8, 4) is 0 Å². The molecule has 2 N–H and O–H groups in total. The maximum absolute atomic E-state index is 12.9. The quantitative estimate of drug-likeness (QED) is 0.554. The molecule has 0 radical (unpaired) electrons. The van der Waals surface area contributed by atoms with E-state index in [4.69, 9.17) is 0 Å². The molecule has 0 spiro atoms. The molecule has 29 heavy (non-hydrogen) atoms. The molecule has 8 heteroatoms. The Kier molecular flexibility index (Phi) is 8.34. The lowest BCUT2D eigenvalue weighted by atomic mass is 9.93. The fraction of sp³-hybridized carbons (Fsp3) is 0.619. The molecule has 1 fully saturated rings. The molecule has 1 unspecified atom stereocenters. The number of piperidine rings is 1. The Balaban J connectivity index is 1.81. The SMILES string of the molecule is CN=C(NCCC(C)c1cccc(C(F)(F)F)c1)N1CCC(CC(=O)NC)CC1. The van der Waals surface area contributed by atoms with E-state index in [1.54, 1.807) is 20.2 Å². The van der Waals surface area contributed by atoms with Crippen LogP contribution in [0.4, 0.5) is 13.2 Å². The highest BCUT2D eigenvalue weighted by Gasteiger charge is 2.30. The van der Waals surface area contributed by atoms with Crippen LogP contribution in [0, 0.1) is 5.92 Å². The lowest BCUT2D eigenvalue weighted by molar-refractivity contribution is -0.137. The molecular formula is C21H31F3N4O. The Morgan fingerprint density at radius 2 is 2.00 bits per heavy atom. The van der Waals surface area contributed by atoms with Crippen molar-refractivity contribution >= 4 is 11.9 Å². The van der Waals surface area contributed by atoms with Crippen LogP contribution in [0.1, 0.15) is 49.7 Å². The third-order valence-corrected chi connectivity index (χ3v) is 5.52. The minimum absolute atomic E-state index is 0.00111. The molecule has 1 aromatic carbocycles. The number of likely N-dealkylation sites (tertiary alicyclic amines) is 1. The number of benzene rings is 1. The van der Waals surface area contributed by atoms with Crippen molar-refractivity contribution in [2.24, 2.45) is 10.9 Å². The van der Waals surface area contributed by atoms with Gasteiger partial charge in [0.25, 0.3) is 0 Å². The van der Waals surface area contributed by atoms with Crippen molar-refractivity contribution in [3.63, 3.8) is 0 Å². The van der Waals surface area contributed by atoms with Gasteiger partial charge in [-0.3, -0.25) is 9.79 Å². The summed E-state index contributed by atoms with van der Waals surface area (Å²) in [6.45, 7) is 4.24. The molecular weight excluding hydrogens is 381 g/mol. The van der Waals surface area contributed by atoms with E-state index in [0.717, 1.165) is 38.0 Å². The minimum atomic E-state index is -4.32. The molecule has 1 aliphatic rings. The highest BCUT2D eigenvalue weighted by molar-refractivity contribution is 5.80. The fourth-order valence-electron chi connectivity index (χ4n) is 3.63. The average molecular weight is 413 g/mol. The number of carbonyl (C=O) groups is 1. The van der Waals surface area contributed by atoms with E-state index in [9.17, 15) is 18.0 Å². The molecule has 1 atom stereocenters. The van der Waals surface area contributed by atoms with Gasteiger partial charge in [-0.2, -0.15) is 13.2 Å². The molecule has 0 aliphatic carbocycles. The third-order valence-electron chi connectivity index (χ3n) is 5.52. The van der Waals surface area contributed by atoms with Gasteiger partial charge >= 0.3 is 6.18 Å². The van der Waals surface area contributed by atoms with Gasteiger partial charge in [-0.25, -0.2) is 0 Å². The summed E-state index contributed by atoms with van der Waals surface area (Å²) in [4.78, 5) is 18.0. The van der Waals surface area contributed by atoms with E-state index in [0.29, 0.717) is 30.9 Å². The van der Waals surface area contributed by atoms with Crippen molar-refractivity contribution in [2.75, 3.05) is 33.7 Å². The van der Waals surface area contributed by atoms with Gasteiger partial charge in [0.1, 0.15) is 0 Å². The summed E-state index contributed by atoms with van der Waals surface area (Å²) in [5, 5.41) is 6.00. The van der Waals surface area contributed by atoms with E-state index in [1.165, 1.54) is 12.1 Å². The van der Waals surface area contributed by atoms with Gasteiger partial charge in [0.05, 0.1) is 5.56 Å². The molecule has 1 aromatic rings. The number of hydrogen-bond acceptors (Lipinski definition) is 2. The molecule has 0 saturated carbocycles. The van der Waals surface area contributed by atoms with Crippen molar-refractivity contribution < 1.29 is 18.0 Å². The number of aliphatic imine (C=N–C) groups is 1. The Labute approximate surface area is 170 Å². The van der Waals surface area contributed by atoms with E-state index in [1.807, 2.05) is 6.92 Å². The summed E-state index contributed by atoms with van der Waals surface area (Å²) in [6.07, 6.45) is -1.18.